The van der Waals surface area contributed by atoms with Crippen LogP contribution < -0.4 is 0 Å². The van der Waals surface area contributed by atoms with Crippen molar-refractivity contribution in [1.82, 2.24) is 0 Å². The van der Waals surface area contributed by atoms with Crippen LogP contribution in [-0.2, 0) is 9.53 Å². The summed E-state index contributed by atoms with van der Waals surface area (Å²) in [6.07, 6.45) is 31.2. The van der Waals surface area contributed by atoms with E-state index in [1.807, 2.05) is 0 Å². The Morgan fingerprint density at radius 3 is 1.44 bits per heavy atom. The monoisotopic (exact) mass is 452 g/mol. The van der Waals surface area contributed by atoms with Gasteiger partial charge in [0.2, 0.25) is 0 Å². The second-order valence-corrected chi connectivity index (χ2v) is 10.4. The zero-order valence-electron chi connectivity index (χ0n) is 22.6. The zero-order valence-corrected chi connectivity index (χ0v) is 22.6. The summed E-state index contributed by atoms with van der Waals surface area (Å²) in [4.78, 5) is 11.8. The fourth-order valence-electron chi connectivity index (χ4n) is 4.56. The van der Waals surface area contributed by atoms with Crippen LogP contribution >= 0.6 is 0 Å². The molecule has 0 aliphatic rings. The van der Waals surface area contributed by atoms with Gasteiger partial charge in [0, 0.05) is 6.42 Å². The van der Waals surface area contributed by atoms with Crippen LogP contribution in [0.2, 0.25) is 0 Å². The molecule has 1 atom stereocenters. The van der Waals surface area contributed by atoms with E-state index >= 15 is 0 Å². The van der Waals surface area contributed by atoms with Gasteiger partial charge in [0.1, 0.15) is 0 Å². The van der Waals surface area contributed by atoms with Crippen molar-refractivity contribution in [2.24, 2.45) is 5.92 Å². The molecule has 0 amide bonds. The molecule has 192 valence electrons. The van der Waals surface area contributed by atoms with Gasteiger partial charge in [0.25, 0.3) is 0 Å². The molecule has 2 heteroatoms. The first-order chi connectivity index (χ1) is 15.7. The minimum absolute atomic E-state index is 0.0224. The third-order valence-corrected chi connectivity index (χ3v) is 6.89. The lowest BCUT2D eigenvalue weighted by atomic mass is 9.96. The molecular formula is C30H60O2. The Balaban J connectivity index is 3.21. The lowest BCUT2D eigenvalue weighted by molar-refractivity contribution is -0.143. The maximum atomic E-state index is 11.8. The number of hydrogen-bond donors (Lipinski definition) is 0. The summed E-state index contributed by atoms with van der Waals surface area (Å²) in [5.41, 5.74) is 0. The highest BCUT2D eigenvalue weighted by atomic mass is 16.5. The highest BCUT2D eigenvalue weighted by molar-refractivity contribution is 5.69. The number of unbranched alkanes of at least 4 members (excludes halogenated alkanes) is 18. The van der Waals surface area contributed by atoms with E-state index < -0.39 is 0 Å². The maximum Gasteiger partial charge on any atom is 0.305 e. The molecule has 32 heavy (non-hydrogen) atoms. The van der Waals surface area contributed by atoms with Crippen molar-refractivity contribution in [3.63, 3.8) is 0 Å². The zero-order chi connectivity index (χ0) is 23.5. The number of rotatable bonds is 26. The van der Waals surface area contributed by atoms with Crippen LogP contribution in [0.25, 0.3) is 0 Å². The van der Waals surface area contributed by atoms with Crippen molar-refractivity contribution in [2.75, 3.05) is 6.61 Å². The van der Waals surface area contributed by atoms with Crippen molar-refractivity contribution in [2.45, 2.75) is 175 Å². The predicted octanol–water partition coefficient (Wildman–Crippen LogP) is 10.6. The first-order valence-corrected chi connectivity index (χ1v) is 14.9. The molecule has 0 fully saturated rings. The molecule has 0 aromatic carbocycles. The Hall–Kier alpha value is -0.530. The molecule has 0 aliphatic carbocycles. The van der Waals surface area contributed by atoms with Crippen LogP contribution in [0.1, 0.15) is 175 Å². The molecule has 0 spiro atoms. The van der Waals surface area contributed by atoms with Gasteiger partial charge in [-0.25, -0.2) is 0 Å². The standard InChI is InChI=1S/C30H60O2/c1-4-6-8-9-10-11-12-13-17-20-24-28-32-30(31)27-23-19-16-14-15-18-22-26-29(3)25-21-7-5-2/h29H,4-28H2,1-3H3. The first-order valence-electron chi connectivity index (χ1n) is 14.9. The molecule has 0 aromatic rings. The van der Waals surface area contributed by atoms with E-state index in [-0.39, 0.29) is 5.97 Å². The van der Waals surface area contributed by atoms with Gasteiger partial charge in [-0.15, -0.1) is 0 Å². The molecule has 0 bridgehead atoms. The van der Waals surface area contributed by atoms with Gasteiger partial charge in [-0.3, -0.25) is 4.79 Å². The van der Waals surface area contributed by atoms with Gasteiger partial charge in [-0.2, -0.15) is 0 Å². The van der Waals surface area contributed by atoms with Crippen LogP contribution in [0.15, 0.2) is 0 Å². The Morgan fingerprint density at radius 1 is 0.531 bits per heavy atom. The minimum Gasteiger partial charge on any atom is -0.466 e. The quantitative estimate of drug-likeness (QED) is 0.0963. The summed E-state index contributed by atoms with van der Waals surface area (Å²) in [6.45, 7) is 7.61. The third-order valence-electron chi connectivity index (χ3n) is 6.89. The summed E-state index contributed by atoms with van der Waals surface area (Å²) in [6, 6.07) is 0. The summed E-state index contributed by atoms with van der Waals surface area (Å²) >= 11 is 0. The van der Waals surface area contributed by atoms with Crippen LogP contribution in [0, 0.1) is 5.92 Å². The Morgan fingerprint density at radius 2 is 0.906 bits per heavy atom. The summed E-state index contributed by atoms with van der Waals surface area (Å²) in [5, 5.41) is 0. The Bertz CT molecular complexity index is 366. The van der Waals surface area contributed by atoms with Crippen LogP contribution in [0.3, 0.4) is 0 Å². The van der Waals surface area contributed by atoms with Gasteiger partial charge in [-0.05, 0) is 18.8 Å². The van der Waals surface area contributed by atoms with Crippen LogP contribution in [-0.4, -0.2) is 12.6 Å². The van der Waals surface area contributed by atoms with Crippen molar-refractivity contribution in [1.29, 1.82) is 0 Å². The Kier molecular flexibility index (Phi) is 26.3. The topological polar surface area (TPSA) is 26.3 Å². The van der Waals surface area contributed by atoms with Crippen molar-refractivity contribution >= 4 is 5.97 Å². The summed E-state index contributed by atoms with van der Waals surface area (Å²) in [7, 11) is 0. The number of hydrogen-bond acceptors (Lipinski definition) is 2. The molecule has 0 N–H and O–H groups in total. The minimum atomic E-state index is 0.0224. The summed E-state index contributed by atoms with van der Waals surface area (Å²) < 4.78 is 5.40. The van der Waals surface area contributed by atoms with Gasteiger partial charge in [0.15, 0.2) is 0 Å². The largest absolute Gasteiger partial charge is 0.466 e. The second-order valence-electron chi connectivity index (χ2n) is 10.4. The normalized spacial score (nSPS) is 12.2. The molecular weight excluding hydrogens is 392 g/mol. The molecule has 1 unspecified atom stereocenters. The molecule has 0 saturated carbocycles. The molecule has 0 radical (unpaired) electrons. The van der Waals surface area contributed by atoms with E-state index in [1.54, 1.807) is 0 Å². The summed E-state index contributed by atoms with van der Waals surface area (Å²) in [5.74, 6) is 0.937. The lowest BCUT2D eigenvalue weighted by Crippen LogP contribution is -2.05. The molecule has 2 nitrogen and oxygen atoms in total. The SMILES string of the molecule is CCCCCCCCCCCCCOC(=O)CCCCCCCCCC(C)CCCCC. The van der Waals surface area contributed by atoms with E-state index in [2.05, 4.69) is 20.8 Å². The molecule has 0 rings (SSSR count). The van der Waals surface area contributed by atoms with Gasteiger partial charge >= 0.3 is 5.97 Å². The number of carbonyl (C=O) groups excluding carboxylic acids is 1. The van der Waals surface area contributed by atoms with E-state index in [9.17, 15) is 4.79 Å². The van der Waals surface area contributed by atoms with Gasteiger partial charge in [0.05, 0.1) is 6.61 Å². The van der Waals surface area contributed by atoms with Crippen molar-refractivity contribution < 1.29 is 9.53 Å². The molecule has 0 aromatic heterocycles. The molecule has 0 aliphatic heterocycles. The predicted molar refractivity (Wildman–Crippen MR) is 142 cm³/mol. The number of esters is 1. The fraction of sp³-hybridized carbons (Fsp3) is 0.967. The third kappa shape index (κ3) is 25.7. The Labute approximate surface area is 203 Å². The van der Waals surface area contributed by atoms with Gasteiger partial charge < -0.3 is 4.74 Å². The van der Waals surface area contributed by atoms with Crippen LogP contribution in [0.4, 0.5) is 0 Å². The molecule has 0 saturated heterocycles. The first kappa shape index (κ1) is 31.5. The highest BCUT2D eigenvalue weighted by Crippen LogP contribution is 2.18. The average Bonchev–Trinajstić information content (AvgIpc) is 2.78. The highest BCUT2D eigenvalue weighted by Gasteiger charge is 2.04. The average molecular weight is 453 g/mol. The van der Waals surface area contributed by atoms with E-state index in [1.165, 1.54) is 135 Å². The van der Waals surface area contributed by atoms with Crippen molar-refractivity contribution in [3.05, 3.63) is 0 Å². The van der Waals surface area contributed by atoms with E-state index in [0.29, 0.717) is 13.0 Å². The molecule has 0 heterocycles. The van der Waals surface area contributed by atoms with E-state index in [4.69, 9.17) is 4.74 Å². The van der Waals surface area contributed by atoms with Crippen LogP contribution in [0.5, 0.6) is 0 Å². The lowest BCUT2D eigenvalue weighted by Gasteiger charge is -2.10. The fourth-order valence-corrected chi connectivity index (χ4v) is 4.56. The van der Waals surface area contributed by atoms with Crippen molar-refractivity contribution in [3.8, 4) is 0 Å². The smallest absolute Gasteiger partial charge is 0.305 e. The number of carbonyl (C=O) groups is 1. The maximum absolute atomic E-state index is 11.8. The number of ether oxygens (including phenoxy) is 1. The second kappa shape index (κ2) is 26.7. The van der Waals surface area contributed by atoms with E-state index in [0.717, 1.165) is 18.8 Å². The van der Waals surface area contributed by atoms with Gasteiger partial charge in [-0.1, -0.05) is 156 Å².